The third-order valence-electron chi connectivity index (χ3n) is 4.68. The lowest BCUT2D eigenvalue weighted by Crippen LogP contribution is -2.42. The Morgan fingerprint density at radius 2 is 1.96 bits per heavy atom. The lowest BCUT2D eigenvalue weighted by Gasteiger charge is -2.28. The summed E-state index contributed by atoms with van der Waals surface area (Å²) in [6.45, 7) is 11.1. The Hall–Kier alpha value is -1.85. The average molecular weight is 332 g/mol. The van der Waals surface area contributed by atoms with Gasteiger partial charge in [-0.2, -0.15) is 0 Å². The summed E-state index contributed by atoms with van der Waals surface area (Å²) in [5, 5.41) is 3.31. The molecule has 132 valence electrons. The van der Waals surface area contributed by atoms with Crippen LogP contribution in [0.25, 0.3) is 0 Å². The lowest BCUT2D eigenvalue weighted by atomic mass is 10.0. The Bertz CT molecular complexity index is 614. The average Bonchev–Trinajstić information content (AvgIpc) is 3.06. The van der Waals surface area contributed by atoms with Gasteiger partial charge in [0.25, 0.3) is 0 Å². The van der Waals surface area contributed by atoms with Gasteiger partial charge in [-0.15, -0.1) is 0 Å². The third kappa shape index (κ3) is 3.97. The highest BCUT2D eigenvalue weighted by Crippen LogP contribution is 2.54. The molecule has 1 spiro atoms. The van der Waals surface area contributed by atoms with Crippen molar-refractivity contribution in [3.8, 4) is 0 Å². The number of carbonyl (C=O) groups is 1. The Kier molecular flexibility index (Phi) is 4.18. The highest BCUT2D eigenvalue weighted by atomic mass is 16.6. The van der Waals surface area contributed by atoms with E-state index in [1.165, 1.54) is 12.8 Å². The van der Waals surface area contributed by atoms with Crippen LogP contribution in [0.15, 0.2) is 6.07 Å². The Morgan fingerprint density at radius 1 is 1.33 bits per heavy atom. The van der Waals surface area contributed by atoms with Crippen molar-refractivity contribution in [3.05, 3.63) is 17.5 Å². The first-order valence-corrected chi connectivity index (χ1v) is 8.72. The zero-order valence-corrected chi connectivity index (χ0v) is 15.3. The summed E-state index contributed by atoms with van der Waals surface area (Å²) in [7, 11) is 0. The lowest BCUT2D eigenvalue weighted by molar-refractivity contribution is 0.0228. The van der Waals surface area contributed by atoms with Crippen LogP contribution >= 0.6 is 0 Å². The molecule has 1 aliphatic carbocycles. The molecule has 2 fully saturated rings. The van der Waals surface area contributed by atoms with E-state index in [1.807, 2.05) is 45.6 Å². The van der Waals surface area contributed by atoms with Gasteiger partial charge in [0, 0.05) is 24.5 Å². The number of ether oxygens (including phenoxy) is 1. The normalized spacial score (nSPS) is 21.9. The van der Waals surface area contributed by atoms with E-state index >= 15 is 0 Å². The van der Waals surface area contributed by atoms with Crippen LogP contribution in [0.5, 0.6) is 0 Å². The summed E-state index contributed by atoms with van der Waals surface area (Å²) in [5.74, 6) is 0.633. The predicted octanol–water partition coefficient (Wildman–Crippen LogP) is 3.29. The number of aryl methyl sites for hydroxylation is 2. The Morgan fingerprint density at radius 3 is 2.50 bits per heavy atom. The molecule has 6 heteroatoms. The number of amides is 1. The molecule has 1 atom stereocenters. The van der Waals surface area contributed by atoms with Crippen molar-refractivity contribution >= 4 is 12.0 Å². The van der Waals surface area contributed by atoms with Crippen molar-refractivity contribution in [2.45, 2.75) is 65.5 Å². The molecule has 1 saturated carbocycles. The molecule has 1 aromatic heterocycles. The van der Waals surface area contributed by atoms with Crippen molar-refractivity contribution < 1.29 is 9.53 Å². The van der Waals surface area contributed by atoms with Gasteiger partial charge in [-0.1, -0.05) is 0 Å². The van der Waals surface area contributed by atoms with Gasteiger partial charge in [0.1, 0.15) is 5.60 Å². The van der Waals surface area contributed by atoms with E-state index in [4.69, 9.17) is 4.74 Å². The molecule has 0 aromatic carbocycles. The van der Waals surface area contributed by atoms with Crippen LogP contribution in [0.4, 0.5) is 10.7 Å². The minimum Gasteiger partial charge on any atom is -0.444 e. The van der Waals surface area contributed by atoms with Crippen LogP contribution in [0.1, 0.15) is 51.4 Å². The molecule has 1 saturated heterocycles. The number of anilines is 1. The second-order valence-electron chi connectivity index (χ2n) is 8.32. The topological polar surface area (TPSA) is 67.4 Å². The zero-order valence-electron chi connectivity index (χ0n) is 15.3. The second kappa shape index (κ2) is 5.90. The molecule has 6 nitrogen and oxygen atoms in total. The number of aromatic nitrogens is 2. The van der Waals surface area contributed by atoms with Gasteiger partial charge in [0.2, 0.25) is 5.95 Å². The zero-order chi connectivity index (χ0) is 17.5. The summed E-state index contributed by atoms with van der Waals surface area (Å²) < 4.78 is 5.59. The Labute approximate surface area is 144 Å². The fourth-order valence-corrected chi connectivity index (χ4v) is 3.43. The van der Waals surface area contributed by atoms with Gasteiger partial charge in [-0.05, 0) is 65.4 Å². The number of nitrogens with one attached hydrogen (secondary N) is 1. The Balaban J connectivity index is 1.67. The highest BCUT2D eigenvalue weighted by molar-refractivity contribution is 5.69. The molecule has 0 radical (unpaired) electrons. The first kappa shape index (κ1) is 17.0. The molecule has 2 aliphatic rings. The maximum absolute atomic E-state index is 12.6. The monoisotopic (exact) mass is 332 g/mol. The number of nitrogens with zero attached hydrogens (tertiary/aromatic N) is 3. The van der Waals surface area contributed by atoms with Gasteiger partial charge in [-0.3, -0.25) is 0 Å². The third-order valence-corrected chi connectivity index (χ3v) is 4.68. The molecule has 0 unspecified atom stereocenters. The van der Waals surface area contributed by atoms with Gasteiger partial charge in [0.05, 0.1) is 6.04 Å². The minimum absolute atomic E-state index is 0.131. The van der Waals surface area contributed by atoms with E-state index in [0.717, 1.165) is 24.4 Å². The molecule has 2 heterocycles. The fourth-order valence-electron chi connectivity index (χ4n) is 3.43. The van der Waals surface area contributed by atoms with Crippen LogP contribution in [-0.4, -0.2) is 45.7 Å². The standard InChI is InChI=1S/C18H28N4O2/c1-12-8-13(2)21-15(20-12)19-10-14-9-18(6-7-18)11-22(14)16(23)24-17(3,4)5/h8,14H,6-7,9-11H2,1-5H3,(H,19,20,21)/t14-/m0/s1. The number of hydrogen-bond acceptors (Lipinski definition) is 5. The predicted molar refractivity (Wildman–Crippen MR) is 93.0 cm³/mol. The van der Waals surface area contributed by atoms with E-state index in [1.54, 1.807) is 0 Å². The van der Waals surface area contributed by atoms with Gasteiger partial charge < -0.3 is 15.0 Å². The first-order valence-electron chi connectivity index (χ1n) is 8.72. The molecule has 1 aliphatic heterocycles. The van der Waals surface area contributed by atoms with E-state index < -0.39 is 5.60 Å². The molecule has 1 amide bonds. The summed E-state index contributed by atoms with van der Waals surface area (Å²) in [6, 6.07) is 2.08. The first-order chi connectivity index (χ1) is 11.2. The summed E-state index contributed by atoms with van der Waals surface area (Å²) in [6.07, 6.45) is 3.25. The van der Waals surface area contributed by atoms with E-state index in [9.17, 15) is 4.79 Å². The molecule has 0 bridgehead atoms. The maximum Gasteiger partial charge on any atom is 0.410 e. The van der Waals surface area contributed by atoms with Crippen LogP contribution in [0.3, 0.4) is 0 Å². The number of rotatable bonds is 3. The summed E-state index contributed by atoms with van der Waals surface area (Å²) in [5.41, 5.74) is 1.75. The molecule has 24 heavy (non-hydrogen) atoms. The van der Waals surface area contributed by atoms with Crippen LogP contribution in [0, 0.1) is 19.3 Å². The summed E-state index contributed by atoms with van der Waals surface area (Å²) >= 11 is 0. The smallest absolute Gasteiger partial charge is 0.410 e. The quantitative estimate of drug-likeness (QED) is 0.920. The van der Waals surface area contributed by atoms with Gasteiger partial charge in [-0.25, -0.2) is 14.8 Å². The minimum atomic E-state index is -0.467. The maximum atomic E-state index is 12.6. The molecule has 3 rings (SSSR count). The second-order valence-corrected chi connectivity index (χ2v) is 8.32. The van der Waals surface area contributed by atoms with Crippen molar-refractivity contribution in [2.75, 3.05) is 18.4 Å². The molecule has 1 N–H and O–H groups in total. The number of likely N-dealkylation sites (tertiary alicyclic amines) is 1. The highest BCUT2D eigenvalue weighted by Gasteiger charge is 2.53. The fraction of sp³-hybridized carbons (Fsp3) is 0.722. The van der Waals surface area contributed by atoms with Gasteiger partial charge >= 0.3 is 6.09 Å². The number of hydrogen-bond donors (Lipinski definition) is 1. The van der Waals surface area contributed by atoms with E-state index in [2.05, 4.69) is 15.3 Å². The van der Waals surface area contributed by atoms with Crippen molar-refractivity contribution in [2.24, 2.45) is 5.41 Å². The van der Waals surface area contributed by atoms with Crippen LogP contribution in [-0.2, 0) is 4.74 Å². The molecular formula is C18H28N4O2. The van der Waals surface area contributed by atoms with Crippen LogP contribution in [0.2, 0.25) is 0 Å². The molecular weight excluding hydrogens is 304 g/mol. The van der Waals surface area contributed by atoms with Gasteiger partial charge in [0.15, 0.2) is 0 Å². The number of carbonyl (C=O) groups excluding carboxylic acids is 1. The van der Waals surface area contributed by atoms with Crippen molar-refractivity contribution in [1.82, 2.24) is 14.9 Å². The molecule has 1 aromatic rings. The SMILES string of the molecule is Cc1cc(C)nc(NC[C@@H]2CC3(CC3)CN2C(=O)OC(C)(C)C)n1. The largest absolute Gasteiger partial charge is 0.444 e. The summed E-state index contributed by atoms with van der Waals surface area (Å²) in [4.78, 5) is 23.3. The van der Waals surface area contributed by atoms with Crippen molar-refractivity contribution in [1.29, 1.82) is 0 Å². The van der Waals surface area contributed by atoms with E-state index in [-0.39, 0.29) is 12.1 Å². The van der Waals surface area contributed by atoms with E-state index in [0.29, 0.717) is 17.9 Å². The van der Waals surface area contributed by atoms with Crippen LogP contribution < -0.4 is 5.32 Å². The van der Waals surface area contributed by atoms with Crippen molar-refractivity contribution in [3.63, 3.8) is 0 Å².